The van der Waals surface area contributed by atoms with Gasteiger partial charge in [-0.2, -0.15) is 0 Å². The van der Waals surface area contributed by atoms with Crippen molar-refractivity contribution in [1.29, 1.82) is 0 Å². The Hall–Kier alpha value is -2.64. The van der Waals surface area contributed by atoms with E-state index in [-0.39, 0.29) is 11.3 Å². The number of aliphatic hydroxyl groups excluding tert-OH is 1. The minimum absolute atomic E-state index is 0.0869. The fourth-order valence-corrected chi connectivity index (χ4v) is 3.78. The van der Waals surface area contributed by atoms with E-state index in [1.54, 1.807) is 31.4 Å². The Bertz CT molecular complexity index is 937. The first-order valence-electron chi connectivity index (χ1n) is 9.74. The number of benzene rings is 2. The highest BCUT2D eigenvalue weighted by Crippen LogP contribution is 2.39. The zero-order valence-electron chi connectivity index (χ0n) is 16.9. The minimum Gasteiger partial charge on any atom is -0.507 e. The van der Waals surface area contributed by atoms with Crippen LogP contribution in [0.15, 0.2) is 58.6 Å². The van der Waals surface area contributed by atoms with Crippen LogP contribution in [0.1, 0.15) is 30.5 Å². The van der Waals surface area contributed by atoms with E-state index < -0.39 is 17.7 Å². The molecule has 1 amide bonds. The van der Waals surface area contributed by atoms with Crippen molar-refractivity contribution >= 4 is 33.4 Å². The van der Waals surface area contributed by atoms with Crippen molar-refractivity contribution in [3.05, 3.63) is 69.7 Å². The van der Waals surface area contributed by atoms with E-state index in [1.165, 1.54) is 4.90 Å². The maximum Gasteiger partial charge on any atom is 0.295 e. The molecule has 0 spiro atoms. The molecule has 0 saturated carbocycles. The second kappa shape index (κ2) is 9.91. The zero-order valence-corrected chi connectivity index (χ0v) is 18.5. The maximum absolute atomic E-state index is 12.9. The number of hydrogen-bond donors (Lipinski definition) is 1. The molecule has 158 valence electrons. The molecule has 1 atom stereocenters. The highest BCUT2D eigenvalue weighted by Gasteiger charge is 2.45. The summed E-state index contributed by atoms with van der Waals surface area (Å²) >= 11 is 3.41. The van der Waals surface area contributed by atoms with Crippen molar-refractivity contribution in [2.24, 2.45) is 0 Å². The molecule has 3 rings (SSSR count). The number of halogens is 1. The Morgan fingerprint density at radius 3 is 2.37 bits per heavy atom. The molecule has 1 heterocycles. The molecule has 6 nitrogen and oxygen atoms in total. The van der Waals surface area contributed by atoms with Crippen LogP contribution < -0.4 is 4.74 Å². The lowest BCUT2D eigenvalue weighted by Gasteiger charge is -2.25. The molecule has 2 aromatic carbocycles. The van der Waals surface area contributed by atoms with Crippen LogP contribution in [-0.2, 0) is 14.3 Å². The number of methoxy groups -OCH3 is 1. The Labute approximate surface area is 184 Å². The topological polar surface area (TPSA) is 76.1 Å². The van der Waals surface area contributed by atoms with Crippen LogP contribution in [-0.4, -0.2) is 48.6 Å². The number of carbonyl (C=O) groups excluding carboxylic acids is 2. The van der Waals surface area contributed by atoms with Crippen LogP contribution in [0.5, 0.6) is 5.75 Å². The first-order valence-corrected chi connectivity index (χ1v) is 10.5. The third kappa shape index (κ3) is 4.57. The van der Waals surface area contributed by atoms with E-state index in [0.29, 0.717) is 37.5 Å². The first-order chi connectivity index (χ1) is 14.5. The molecule has 0 radical (unpaired) electrons. The smallest absolute Gasteiger partial charge is 0.295 e. The number of carbonyl (C=O) groups is 2. The Balaban J connectivity index is 2.06. The molecule has 1 aliphatic heterocycles. The molecule has 1 saturated heterocycles. The van der Waals surface area contributed by atoms with Gasteiger partial charge in [-0.3, -0.25) is 9.59 Å². The largest absolute Gasteiger partial charge is 0.507 e. The van der Waals surface area contributed by atoms with Gasteiger partial charge >= 0.3 is 0 Å². The van der Waals surface area contributed by atoms with Gasteiger partial charge < -0.3 is 19.5 Å². The van der Waals surface area contributed by atoms with Crippen LogP contribution in [0.3, 0.4) is 0 Å². The van der Waals surface area contributed by atoms with E-state index in [4.69, 9.17) is 9.47 Å². The van der Waals surface area contributed by atoms with Gasteiger partial charge in [-0.15, -0.1) is 0 Å². The number of ketones is 1. The Morgan fingerprint density at radius 2 is 1.77 bits per heavy atom. The fraction of sp³-hybridized carbons (Fsp3) is 0.304. The van der Waals surface area contributed by atoms with E-state index >= 15 is 0 Å². The van der Waals surface area contributed by atoms with E-state index in [0.717, 1.165) is 10.0 Å². The predicted octanol–water partition coefficient (Wildman–Crippen LogP) is 4.31. The fourth-order valence-electron chi connectivity index (χ4n) is 3.51. The standard InChI is InChI=1S/C23H24BrNO5/c1-3-30-18-11-7-16(8-12-18)21(26)19-20(15-5-9-17(24)10-6-15)25(13-4-14-29-2)23(28)22(19)27/h5-12,20,26H,3-4,13-14H2,1-2H3/t20-/m0/s1. The van der Waals surface area contributed by atoms with E-state index in [2.05, 4.69) is 15.9 Å². The molecular formula is C23H24BrNO5. The number of rotatable bonds is 8. The summed E-state index contributed by atoms with van der Waals surface area (Å²) in [5.74, 6) is -0.838. The summed E-state index contributed by atoms with van der Waals surface area (Å²) < 4.78 is 11.4. The maximum atomic E-state index is 12.9. The highest BCUT2D eigenvalue weighted by atomic mass is 79.9. The molecule has 1 aliphatic rings. The molecule has 7 heteroatoms. The molecule has 0 aromatic heterocycles. The van der Waals surface area contributed by atoms with Crippen molar-refractivity contribution in [2.45, 2.75) is 19.4 Å². The molecule has 1 fully saturated rings. The summed E-state index contributed by atoms with van der Waals surface area (Å²) in [5, 5.41) is 11.0. The van der Waals surface area contributed by atoms with Gasteiger partial charge in [0.05, 0.1) is 18.2 Å². The van der Waals surface area contributed by atoms with Crippen molar-refractivity contribution in [2.75, 3.05) is 26.9 Å². The number of nitrogens with zero attached hydrogens (tertiary/aromatic N) is 1. The molecule has 2 aromatic rings. The van der Waals surface area contributed by atoms with E-state index in [1.807, 2.05) is 31.2 Å². The third-order valence-electron chi connectivity index (χ3n) is 4.91. The van der Waals surface area contributed by atoms with Gasteiger partial charge in [0, 0.05) is 30.3 Å². The quantitative estimate of drug-likeness (QED) is 0.267. The molecule has 0 unspecified atom stereocenters. The molecule has 0 aliphatic carbocycles. The molecule has 1 N–H and O–H groups in total. The van der Waals surface area contributed by atoms with Gasteiger partial charge in [0.15, 0.2) is 0 Å². The van der Waals surface area contributed by atoms with Crippen LogP contribution >= 0.6 is 15.9 Å². The predicted molar refractivity (Wildman–Crippen MR) is 117 cm³/mol. The monoisotopic (exact) mass is 473 g/mol. The van der Waals surface area contributed by atoms with Crippen molar-refractivity contribution in [1.82, 2.24) is 4.90 Å². The number of Topliss-reactive ketones (excluding diaryl/α,β-unsaturated/α-hetero) is 1. The van der Waals surface area contributed by atoms with Crippen molar-refractivity contribution < 1.29 is 24.2 Å². The number of likely N-dealkylation sites (tertiary alicyclic amines) is 1. The average molecular weight is 474 g/mol. The normalized spacial score (nSPS) is 18.1. The summed E-state index contributed by atoms with van der Waals surface area (Å²) in [6.07, 6.45) is 0.583. The van der Waals surface area contributed by atoms with Crippen molar-refractivity contribution in [3.63, 3.8) is 0 Å². The van der Waals surface area contributed by atoms with Crippen LogP contribution in [0.25, 0.3) is 5.76 Å². The van der Waals surface area contributed by atoms with Crippen LogP contribution in [0.2, 0.25) is 0 Å². The second-order valence-corrected chi connectivity index (χ2v) is 7.76. The van der Waals surface area contributed by atoms with Crippen molar-refractivity contribution in [3.8, 4) is 5.75 Å². The third-order valence-corrected chi connectivity index (χ3v) is 5.44. The molecule has 0 bridgehead atoms. The van der Waals surface area contributed by atoms with Gasteiger partial charge in [0.2, 0.25) is 0 Å². The summed E-state index contributed by atoms with van der Waals surface area (Å²) in [7, 11) is 1.59. The Kier molecular flexibility index (Phi) is 7.29. The highest BCUT2D eigenvalue weighted by molar-refractivity contribution is 9.10. The number of hydrogen-bond acceptors (Lipinski definition) is 5. The lowest BCUT2D eigenvalue weighted by Crippen LogP contribution is -2.31. The lowest BCUT2D eigenvalue weighted by atomic mass is 9.95. The van der Waals surface area contributed by atoms with Gasteiger partial charge in [-0.1, -0.05) is 28.1 Å². The minimum atomic E-state index is -0.688. The van der Waals surface area contributed by atoms with Gasteiger partial charge in [-0.25, -0.2) is 0 Å². The summed E-state index contributed by atoms with van der Waals surface area (Å²) in [5.41, 5.74) is 1.29. The van der Waals surface area contributed by atoms with E-state index in [9.17, 15) is 14.7 Å². The number of amides is 1. The SMILES string of the molecule is CCOc1ccc(C(O)=C2C(=O)C(=O)N(CCCOC)[C@H]2c2ccc(Br)cc2)cc1. The lowest BCUT2D eigenvalue weighted by molar-refractivity contribution is -0.140. The summed E-state index contributed by atoms with van der Waals surface area (Å²) in [4.78, 5) is 27.2. The number of ether oxygens (including phenoxy) is 2. The van der Waals surface area contributed by atoms with Gasteiger partial charge in [0.25, 0.3) is 11.7 Å². The second-order valence-electron chi connectivity index (χ2n) is 6.85. The summed E-state index contributed by atoms with van der Waals surface area (Å²) in [6, 6.07) is 13.5. The first kappa shape index (κ1) is 22.1. The van der Waals surface area contributed by atoms with Gasteiger partial charge in [0.1, 0.15) is 11.5 Å². The number of aliphatic hydroxyl groups is 1. The Morgan fingerprint density at radius 1 is 1.10 bits per heavy atom. The molecule has 30 heavy (non-hydrogen) atoms. The zero-order chi connectivity index (χ0) is 21.7. The summed E-state index contributed by atoms with van der Waals surface area (Å²) in [6.45, 7) is 3.23. The van der Waals surface area contributed by atoms with Gasteiger partial charge in [-0.05, 0) is 55.3 Å². The van der Waals surface area contributed by atoms with Crippen LogP contribution in [0, 0.1) is 0 Å². The average Bonchev–Trinajstić information content (AvgIpc) is 3.00. The van der Waals surface area contributed by atoms with Crippen LogP contribution in [0.4, 0.5) is 0 Å². The molecular weight excluding hydrogens is 450 g/mol.